The van der Waals surface area contributed by atoms with Gasteiger partial charge in [0.05, 0.1) is 35.5 Å². The van der Waals surface area contributed by atoms with Gasteiger partial charge in [-0.25, -0.2) is 0 Å². The van der Waals surface area contributed by atoms with Crippen molar-refractivity contribution in [3.8, 4) is 0 Å². The lowest BCUT2D eigenvalue weighted by Crippen LogP contribution is -2.63. The number of esters is 2. The molecule has 7 rings (SSSR count). The van der Waals surface area contributed by atoms with Gasteiger partial charge in [0.25, 0.3) is 0 Å². The largest absolute Gasteiger partial charge is 0.458 e. The van der Waals surface area contributed by atoms with Gasteiger partial charge >= 0.3 is 11.9 Å². The fourth-order valence-electron chi connectivity index (χ4n) is 12.3. The number of para-hydroxylation sites is 1. The molecule has 17 heteroatoms. The molecule has 0 saturated carbocycles. The second-order valence-corrected chi connectivity index (χ2v) is 21.7. The summed E-state index contributed by atoms with van der Waals surface area (Å²) >= 11 is 0. The zero-order chi connectivity index (χ0) is 52.0. The minimum absolute atomic E-state index is 0.0502. The molecule has 5 aliphatic heterocycles. The Kier molecular flexibility index (Phi) is 16.5. The van der Waals surface area contributed by atoms with Gasteiger partial charge in [-0.1, -0.05) is 57.2 Å². The summed E-state index contributed by atoms with van der Waals surface area (Å²) in [7, 11) is 5.15. The van der Waals surface area contributed by atoms with Gasteiger partial charge < -0.3 is 53.0 Å². The molecule has 2 N–H and O–H groups in total. The molecule has 392 valence electrons. The maximum Gasteiger partial charge on any atom is 0.324 e. The molecular weight excluding hydrogens is 915 g/mol. The molecule has 71 heavy (non-hydrogen) atoms. The normalized spacial score (nSPS) is 41.8. The minimum Gasteiger partial charge on any atom is -0.458 e. The number of aromatic nitrogens is 1. The van der Waals surface area contributed by atoms with Crippen LogP contribution in [0.5, 0.6) is 0 Å². The second-order valence-electron chi connectivity index (χ2n) is 21.7. The molecule has 5 unspecified atom stereocenters. The number of methoxy groups -OCH3 is 1. The molecule has 0 radical (unpaired) electrons. The quantitative estimate of drug-likeness (QED) is 0.153. The third-order valence-electron chi connectivity index (χ3n) is 16.2. The van der Waals surface area contributed by atoms with Crippen molar-refractivity contribution in [2.24, 2.45) is 23.2 Å². The SMILES string of the molecule is C=CCN1CC2(C)C(=O)[C@H](C)C[C@](C)(OC/C=C/c3cnc4ccccc4c3)[C@H](O[C@@H]3O[C@H](C)C[C@H](N(C)C)[C@H]3O)[C@@H](OC3C[C@@](C)(OC)C(O)[C@H](C)O3)C(=O)[C@@H](C)C(=O)O[C@H](CC)[C@@]3(C)OC(=O)C1C23. The highest BCUT2D eigenvalue weighted by molar-refractivity contribution is 6.01. The summed E-state index contributed by atoms with van der Waals surface area (Å²) in [4.78, 5) is 68.6. The molecule has 0 amide bonds. The fraction of sp³-hybridized carbons (Fsp3) is 0.685. The van der Waals surface area contributed by atoms with Crippen LogP contribution in [0.25, 0.3) is 17.0 Å². The first-order chi connectivity index (χ1) is 33.4. The molecule has 17 nitrogen and oxygen atoms in total. The molecule has 6 heterocycles. The zero-order valence-electron chi connectivity index (χ0n) is 43.6. The van der Waals surface area contributed by atoms with Crippen molar-refractivity contribution >= 4 is 40.5 Å². The van der Waals surface area contributed by atoms with Crippen LogP contribution in [0.2, 0.25) is 0 Å². The summed E-state index contributed by atoms with van der Waals surface area (Å²) < 4.78 is 52.0. The molecule has 1 aromatic heterocycles. The number of likely N-dealkylation sites (N-methyl/N-ethyl adjacent to an activating group) is 1. The van der Waals surface area contributed by atoms with Crippen molar-refractivity contribution in [3.63, 3.8) is 0 Å². The van der Waals surface area contributed by atoms with E-state index in [0.29, 0.717) is 6.42 Å². The van der Waals surface area contributed by atoms with Crippen molar-refractivity contribution in [1.82, 2.24) is 14.8 Å². The summed E-state index contributed by atoms with van der Waals surface area (Å²) in [5.74, 6) is -5.61. The minimum atomic E-state index is -1.73. The molecule has 5 aliphatic rings. The number of Topliss-reactive ketones (excluding diaryl/α,β-unsaturated/α-hetero) is 2. The Bertz CT molecular complexity index is 2310. The number of carbonyl (C=O) groups excluding carboxylic acids is 4. The number of hydrogen-bond acceptors (Lipinski definition) is 17. The number of nitrogens with zero attached hydrogens (tertiary/aromatic N) is 3. The topological polar surface area (TPSA) is 202 Å². The van der Waals surface area contributed by atoms with Gasteiger partial charge in [0, 0.05) is 61.5 Å². The summed E-state index contributed by atoms with van der Waals surface area (Å²) in [6.45, 7) is 19.8. The van der Waals surface area contributed by atoms with Gasteiger partial charge in [-0.05, 0) is 92.6 Å². The number of carbonyl (C=O) groups is 4. The van der Waals surface area contributed by atoms with Crippen LogP contribution in [0, 0.1) is 23.2 Å². The number of fused-ring (bicyclic) bond motifs is 1. The number of ketones is 2. The molecule has 5 fully saturated rings. The standard InChI is InChI=1S/C54H77N3O14/c1-14-22-57-29-51(7)44-40(57)49(63)71-54(44,10)38(15-2)68-48(62)32(5)41(58)43(69-39-27-52(8,64-13)46(61)33(6)67-39)47(70-50-42(59)37(56(11)12)24-31(4)66-50)53(9,26-30(3)45(51)60)65-23-18-19-34-25-35-20-16-17-21-36(35)55-28-34/h14,16-21,25,28,30-33,37-40,42-44,46-47,50,59,61H,1,15,22-24,26-27,29H2,2-13H3/b19-18+/t30-,31-,32-,33+,37+,38-,39?,40?,42-,43+,44?,46?,47-,50+,51?,52-,53+,54-/m1/s1. The lowest BCUT2D eigenvalue weighted by atomic mass is 9.62. The van der Waals surface area contributed by atoms with Gasteiger partial charge in [0.2, 0.25) is 0 Å². The van der Waals surface area contributed by atoms with Crippen molar-refractivity contribution in [2.45, 2.75) is 172 Å². The third kappa shape index (κ3) is 10.6. The van der Waals surface area contributed by atoms with Crippen LogP contribution in [0.1, 0.15) is 93.6 Å². The maximum atomic E-state index is 15.7. The van der Waals surface area contributed by atoms with E-state index in [1.54, 1.807) is 59.9 Å². The Morgan fingerprint density at radius 3 is 2.37 bits per heavy atom. The summed E-state index contributed by atoms with van der Waals surface area (Å²) in [6.07, 6.45) is -2.89. The monoisotopic (exact) mass is 992 g/mol. The zero-order valence-corrected chi connectivity index (χ0v) is 43.6. The third-order valence-corrected chi connectivity index (χ3v) is 16.2. The Labute approximate surface area is 418 Å². The maximum absolute atomic E-state index is 15.7. The van der Waals surface area contributed by atoms with Crippen molar-refractivity contribution in [1.29, 1.82) is 0 Å². The molecule has 2 aromatic rings. The van der Waals surface area contributed by atoms with Crippen molar-refractivity contribution < 1.29 is 67.3 Å². The predicted molar refractivity (Wildman–Crippen MR) is 262 cm³/mol. The van der Waals surface area contributed by atoms with Crippen LogP contribution in [0.4, 0.5) is 0 Å². The molecule has 0 aliphatic carbocycles. The summed E-state index contributed by atoms with van der Waals surface area (Å²) in [5, 5.41) is 24.3. The molecule has 0 spiro atoms. The summed E-state index contributed by atoms with van der Waals surface area (Å²) in [6, 6.07) is 8.47. The number of aliphatic hydroxyl groups excluding tert-OH is 2. The van der Waals surface area contributed by atoms with Crippen LogP contribution >= 0.6 is 0 Å². The van der Waals surface area contributed by atoms with Crippen molar-refractivity contribution in [3.05, 3.63) is 60.8 Å². The number of likely N-dealkylation sites (tertiary alicyclic amines) is 1. The average molecular weight is 992 g/mol. The highest BCUT2D eigenvalue weighted by atomic mass is 16.7. The van der Waals surface area contributed by atoms with Gasteiger partial charge in [-0.15, -0.1) is 6.58 Å². The Hall–Kier alpha value is -4.01. The molecule has 0 bridgehead atoms. The number of cyclic esters (lactones) is 1. The smallest absolute Gasteiger partial charge is 0.324 e. The predicted octanol–water partition coefficient (Wildman–Crippen LogP) is 5.06. The second kappa shape index (κ2) is 21.5. The van der Waals surface area contributed by atoms with E-state index in [2.05, 4.69) is 11.6 Å². The molecule has 5 saturated heterocycles. The van der Waals surface area contributed by atoms with Crippen molar-refractivity contribution in [2.75, 3.05) is 40.9 Å². The van der Waals surface area contributed by atoms with Crippen LogP contribution in [0.3, 0.4) is 0 Å². The molecule has 18 atom stereocenters. The number of hydrogen-bond donors (Lipinski definition) is 2. The number of ether oxygens (including phenoxy) is 8. The van der Waals surface area contributed by atoms with Crippen LogP contribution in [-0.2, 0) is 57.1 Å². The van der Waals surface area contributed by atoms with Gasteiger partial charge in [-0.2, -0.15) is 0 Å². The van der Waals surface area contributed by atoms with E-state index in [1.165, 1.54) is 14.0 Å². The first kappa shape index (κ1) is 54.8. The fourth-order valence-corrected chi connectivity index (χ4v) is 12.3. The van der Waals surface area contributed by atoms with Gasteiger partial charge in [-0.3, -0.25) is 29.1 Å². The first-order valence-electron chi connectivity index (χ1n) is 25.2. The first-order valence-corrected chi connectivity index (χ1v) is 25.2. The highest BCUT2D eigenvalue weighted by Gasteiger charge is 2.71. The average Bonchev–Trinajstić information content (AvgIpc) is 3.80. The van der Waals surface area contributed by atoms with Crippen LogP contribution in [-0.4, -0.2) is 174 Å². The lowest BCUT2D eigenvalue weighted by Gasteiger charge is -2.49. The number of rotatable bonds is 13. The van der Waals surface area contributed by atoms with E-state index in [4.69, 9.17) is 37.9 Å². The van der Waals surface area contributed by atoms with E-state index in [0.717, 1.165) is 16.5 Å². The Morgan fingerprint density at radius 2 is 1.69 bits per heavy atom. The Balaban J connectivity index is 1.40. The number of pyridine rings is 1. The highest BCUT2D eigenvalue weighted by Crippen LogP contribution is 2.56. The number of benzene rings is 1. The molecule has 1 aromatic carbocycles. The number of aliphatic hydroxyl groups is 2. The van der Waals surface area contributed by atoms with E-state index >= 15 is 9.59 Å². The Morgan fingerprint density at radius 1 is 0.972 bits per heavy atom. The van der Waals surface area contributed by atoms with Crippen LogP contribution < -0.4 is 0 Å². The lowest BCUT2D eigenvalue weighted by molar-refractivity contribution is -0.328. The van der Waals surface area contributed by atoms with Gasteiger partial charge in [0.1, 0.15) is 48.3 Å². The van der Waals surface area contributed by atoms with Crippen LogP contribution in [0.15, 0.2) is 55.3 Å². The van der Waals surface area contributed by atoms with E-state index in [9.17, 15) is 19.8 Å². The molecular formula is C54H77N3O14. The van der Waals surface area contributed by atoms with E-state index in [1.807, 2.05) is 74.2 Å². The van der Waals surface area contributed by atoms with E-state index < -0.39 is 125 Å². The van der Waals surface area contributed by atoms with Gasteiger partial charge in [0.15, 0.2) is 24.0 Å². The van der Waals surface area contributed by atoms with E-state index in [-0.39, 0.29) is 44.7 Å². The summed E-state index contributed by atoms with van der Waals surface area (Å²) in [5.41, 5.74) is -3.96.